The standard InChI is InChI=1S/C17H21N3O/c1-21-16-6-4-5-15(13-16)19-14-8-11-20(12-9-14)17-7-2-3-10-18-17/h2-7,10,13-14,19H,8-9,11-12H2,1H3. The molecule has 2 heterocycles. The van der Waals surface area contributed by atoms with Gasteiger partial charge in [-0.1, -0.05) is 12.1 Å². The van der Waals surface area contributed by atoms with E-state index in [0.717, 1.165) is 43.2 Å². The first-order valence-electron chi connectivity index (χ1n) is 7.42. The zero-order valence-corrected chi connectivity index (χ0v) is 12.3. The van der Waals surface area contributed by atoms with Gasteiger partial charge in [0.1, 0.15) is 11.6 Å². The van der Waals surface area contributed by atoms with Gasteiger partial charge in [-0.15, -0.1) is 0 Å². The van der Waals surface area contributed by atoms with Crippen molar-refractivity contribution < 1.29 is 4.74 Å². The lowest BCUT2D eigenvalue weighted by atomic mass is 10.0. The third-order valence-electron chi connectivity index (χ3n) is 3.91. The first kappa shape index (κ1) is 13.7. The van der Waals surface area contributed by atoms with Crippen molar-refractivity contribution >= 4 is 11.5 Å². The summed E-state index contributed by atoms with van der Waals surface area (Å²) in [6.45, 7) is 2.08. The third-order valence-corrected chi connectivity index (χ3v) is 3.91. The quantitative estimate of drug-likeness (QED) is 0.935. The lowest BCUT2D eigenvalue weighted by Crippen LogP contribution is -2.39. The average Bonchev–Trinajstić information content (AvgIpc) is 2.56. The maximum Gasteiger partial charge on any atom is 0.128 e. The van der Waals surface area contributed by atoms with Crippen molar-refractivity contribution in [3.63, 3.8) is 0 Å². The summed E-state index contributed by atoms with van der Waals surface area (Å²) in [5, 5.41) is 3.60. The molecule has 1 aliphatic heterocycles. The summed E-state index contributed by atoms with van der Waals surface area (Å²) in [5.41, 5.74) is 1.13. The van der Waals surface area contributed by atoms with Crippen LogP contribution in [0.5, 0.6) is 5.75 Å². The molecule has 1 aromatic carbocycles. The molecule has 0 saturated carbocycles. The molecule has 0 radical (unpaired) electrons. The minimum absolute atomic E-state index is 0.511. The summed E-state index contributed by atoms with van der Waals surface area (Å²) < 4.78 is 5.26. The Morgan fingerprint density at radius 3 is 2.71 bits per heavy atom. The van der Waals surface area contributed by atoms with Crippen molar-refractivity contribution in [3.8, 4) is 5.75 Å². The fourth-order valence-electron chi connectivity index (χ4n) is 2.74. The Morgan fingerprint density at radius 2 is 2.00 bits per heavy atom. The molecule has 4 heteroatoms. The summed E-state index contributed by atoms with van der Waals surface area (Å²) in [5.74, 6) is 1.98. The van der Waals surface area contributed by atoms with Crippen molar-refractivity contribution in [3.05, 3.63) is 48.7 Å². The summed E-state index contributed by atoms with van der Waals surface area (Å²) in [6, 6.07) is 14.7. The molecule has 2 aromatic rings. The number of rotatable bonds is 4. The zero-order chi connectivity index (χ0) is 14.5. The highest BCUT2D eigenvalue weighted by molar-refractivity contribution is 5.49. The van der Waals surface area contributed by atoms with Gasteiger partial charge >= 0.3 is 0 Å². The molecule has 1 N–H and O–H groups in total. The van der Waals surface area contributed by atoms with Gasteiger partial charge in [-0.25, -0.2) is 4.98 Å². The van der Waals surface area contributed by atoms with Gasteiger partial charge < -0.3 is 15.0 Å². The van der Waals surface area contributed by atoms with Crippen molar-refractivity contribution in [2.45, 2.75) is 18.9 Å². The number of anilines is 2. The second kappa shape index (κ2) is 6.48. The van der Waals surface area contributed by atoms with Crippen LogP contribution >= 0.6 is 0 Å². The predicted octanol–water partition coefficient (Wildman–Crippen LogP) is 3.17. The number of piperidine rings is 1. The smallest absolute Gasteiger partial charge is 0.128 e. The number of ether oxygens (including phenoxy) is 1. The van der Waals surface area contributed by atoms with Gasteiger partial charge in [-0.2, -0.15) is 0 Å². The average molecular weight is 283 g/mol. The van der Waals surface area contributed by atoms with Gasteiger partial charge in [0.05, 0.1) is 7.11 Å². The van der Waals surface area contributed by atoms with Gasteiger partial charge in [0.15, 0.2) is 0 Å². The maximum absolute atomic E-state index is 5.26. The second-order valence-electron chi connectivity index (χ2n) is 5.33. The summed E-state index contributed by atoms with van der Waals surface area (Å²) in [6.07, 6.45) is 4.09. The number of aromatic nitrogens is 1. The molecule has 0 aliphatic carbocycles. The van der Waals surface area contributed by atoms with Crippen LogP contribution in [0.3, 0.4) is 0 Å². The van der Waals surface area contributed by atoms with Crippen LogP contribution < -0.4 is 15.0 Å². The van der Waals surface area contributed by atoms with Gasteiger partial charge in [0.2, 0.25) is 0 Å². The molecule has 3 rings (SSSR count). The molecule has 1 fully saturated rings. The van der Waals surface area contributed by atoms with Crippen molar-refractivity contribution in [2.24, 2.45) is 0 Å². The highest BCUT2D eigenvalue weighted by Gasteiger charge is 2.19. The van der Waals surface area contributed by atoms with Crippen LogP contribution in [0.15, 0.2) is 48.7 Å². The van der Waals surface area contributed by atoms with Crippen LogP contribution in [0.2, 0.25) is 0 Å². The second-order valence-corrected chi connectivity index (χ2v) is 5.33. The fourth-order valence-corrected chi connectivity index (χ4v) is 2.74. The van der Waals surface area contributed by atoms with Crippen molar-refractivity contribution in [1.29, 1.82) is 0 Å². The van der Waals surface area contributed by atoms with Gasteiger partial charge in [-0.05, 0) is 37.1 Å². The highest BCUT2D eigenvalue weighted by atomic mass is 16.5. The molecule has 110 valence electrons. The lowest BCUT2D eigenvalue weighted by Gasteiger charge is -2.33. The van der Waals surface area contributed by atoms with E-state index >= 15 is 0 Å². The largest absolute Gasteiger partial charge is 0.497 e. The van der Waals surface area contributed by atoms with E-state index in [9.17, 15) is 0 Å². The van der Waals surface area contributed by atoms with Crippen LogP contribution in [-0.2, 0) is 0 Å². The van der Waals surface area contributed by atoms with E-state index in [2.05, 4.69) is 27.3 Å². The molecule has 0 unspecified atom stereocenters. The van der Waals surface area contributed by atoms with E-state index in [1.165, 1.54) is 0 Å². The number of hydrogen-bond acceptors (Lipinski definition) is 4. The molecule has 4 nitrogen and oxygen atoms in total. The predicted molar refractivity (Wildman–Crippen MR) is 86.1 cm³/mol. The Labute approximate surface area is 125 Å². The molecule has 1 saturated heterocycles. The van der Waals surface area contributed by atoms with Gasteiger partial charge in [0, 0.05) is 37.1 Å². The van der Waals surface area contributed by atoms with E-state index in [1.807, 2.05) is 36.5 Å². The zero-order valence-electron chi connectivity index (χ0n) is 12.3. The van der Waals surface area contributed by atoms with E-state index in [4.69, 9.17) is 4.74 Å². The normalized spacial score (nSPS) is 15.8. The minimum atomic E-state index is 0.511. The fraction of sp³-hybridized carbons (Fsp3) is 0.353. The van der Waals surface area contributed by atoms with E-state index in [-0.39, 0.29) is 0 Å². The lowest BCUT2D eigenvalue weighted by molar-refractivity contribution is 0.415. The van der Waals surface area contributed by atoms with Crippen molar-refractivity contribution in [2.75, 3.05) is 30.4 Å². The molecule has 0 bridgehead atoms. The Bertz CT molecular complexity index is 565. The van der Waals surface area contributed by atoms with E-state index < -0.39 is 0 Å². The molecule has 0 spiro atoms. The Morgan fingerprint density at radius 1 is 1.14 bits per heavy atom. The van der Waals surface area contributed by atoms with Crippen molar-refractivity contribution in [1.82, 2.24) is 4.98 Å². The first-order chi connectivity index (χ1) is 10.3. The SMILES string of the molecule is COc1cccc(NC2CCN(c3ccccn3)CC2)c1. The summed E-state index contributed by atoms with van der Waals surface area (Å²) in [4.78, 5) is 6.77. The van der Waals surface area contributed by atoms with E-state index in [0.29, 0.717) is 6.04 Å². The number of hydrogen-bond donors (Lipinski definition) is 1. The van der Waals surface area contributed by atoms with Crippen LogP contribution in [0.1, 0.15) is 12.8 Å². The molecular weight excluding hydrogens is 262 g/mol. The van der Waals surface area contributed by atoms with Crippen LogP contribution in [0.4, 0.5) is 11.5 Å². The third kappa shape index (κ3) is 3.45. The maximum atomic E-state index is 5.26. The Balaban J connectivity index is 1.56. The van der Waals surface area contributed by atoms with Gasteiger partial charge in [0.25, 0.3) is 0 Å². The van der Waals surface area contributed by atoms with Crippen LogP contribution in [0, 0.1) is 0 Å². The number of pyridine rings is 1. The number of benzene rings is 1. The Kier molecular flexibility index (Phi) is 4.24. The van der Waals surface area contributed by atoms with E-state index in [1.54, 1.807) is 7.11 Å². The monoisotopic (exact) mass is 283 g/mol. The Hall–Kier alpha value is -2.23. The van der Waals surface area contributed by atoms with Crippen LogP contribution in [0.25, 0.3) is 0 Å². The highest BCUT2D eigenvalue weighted by Crippen LogP contribution is 2.22. The molecular formula is C17H21N3O. The topological polar surface area (TPSA) is 37.4 Å². The molecule has 1 aliphatic rings. The summed E-state index contributed by atoms with van der Waals surface area (Å²) >= 11 is 0. The summed E-state index contributed by atoms with van der Waals surface area (Å²) in [7, 11) is 1.70. The first-order valence-corrected chi connectivity index (χ1v) is 7.42. The molecule has 21 heavy (non-hydrogen) atoms. The van der Waals surface area contributed by atoms with Gasteiger partial charge in [-0.3, -0.25) is 0 Å². The molecule has 0 atom stereocenters. The number of methoxy groups -OCH3 is 1. The number of nitrogens with zero attached hydrogens (tertiary/aromatic N) is 2. The van der Waals surface area contributed by atoms with Crippen LogP contribution in [-0.4, -0.2) is 31.2 Å². The number of nitrogens with one attached hydrogen (secondary N) is 1. The minimum Gasteiger partial charge on any atom is -0.497 e. The molecule has 0 amide bonds. The molecule has 1 aromatic heterocycles.